The first kappa shape index (κ1) is 17.2. The van der Waals surface area contributed by atoms with Gasteiger partial charge in [-0.1, -0.05) is 0 Å². The van der Waals surface area contributed by atoms with E-state index in [2.05, 4.69) is 15.1 Å². The number of anilines is 1. The molecule has 3 aromatic rings. The molecule has 0 spiro atoms. The average Bonchev–Trinajstić information content (AvgIpc) is 3.09. The molecule has 0 amide bonds. The first-order valence-electron chi connectivity index (χ1n) is 9.14. The van der Waals surface area contributed by atoms with Gasteiger partial charge in [0, 0.05) is 24.3 Å². The second-order valence-corrected chi connectivity index (χ2v) is 6.58. The average molecular weight is 394 g/mol. The number of phenolic OH excluding ortho intramolecular Hbond substituents is 1. The Morgan fingerprint density at radius 3 is 2.54 bits per heavy atom. The van der Waals surface area contributed by atoms with Crippen molar-refractivity contribution in [2.24, 2.45) is 0 Å². The third kappa shape index (κ3) is 3.24. The molecule has 0 unspecified atom stereocenters. The fourth-order valence-corrected chi connectivity index (χ4v) is 3.20. The highest BCUT2D eigenvalue weighted by Gasteiger charge is 2.32. The van der Waals surface area contributed by atoms with Gasteiger partial charge < -0.3 is 14.7 Å². The number of aromatic nitrogens is 4. The summed E-state index contributed by atoms with van der Waals surface area (Å²) in [6.45, 7) is 5.43. The molecule has 0 bridgehead atoms. The standard InChI is InChI=1S/C18H18F3N5O2/c1-10-7-12(18(19,20)21)9-14(27)15(10)13-8-11(2)26-16(22-13)23-17(24-26)25-3-5-28-6-4-25/h7-9,27H,3-6H2,1-2H3/i8D. The maximum atomic E-state index is 13.0. The summed E-state index contributed by atoms with van der Waals surface area (Å²) in [5.74, 6) is 0.0532. The highest BCUT2D eigenvalue weighted by molar-refractivity contribution is 5.72. The molecule has 2 aromatic heterocycles. The van der Waals surface area contributed by atoms with E-state index in [1.807, 2.05) is 4.90 Å². The van der Waals surface area contributed by atoms with E-state index in [-0.39, 0.29) is 28.6 Å². The number of aromatic hydroxyl groups is 1. The van der Waals surface area contributed by atoms with Crippen LogP contribution >= 0.6 is 0 Å². The third-order valence-corrected chi connectivity index (χ3v) is 4.58. The van der Waals surface area contributed by atoms with Crippen LogP contribution in [0.5, 0.6) is 5.75 Å². The molecule has 0 radical (unpaired) electrons. The number of alkyl halides is 3. The lowest BCUT2D eigenvalue weighted by Gasteiger charge is -2.25. The molecule has 1 aliphatic rings. The van der Waals surface area contributed by atoms with Gasteiger partial charge in [0.1, 0.15) is 5.75 Å². The first-order valence-corrected chi connectivity index (χ1v) is 8.64. The lowest BCUT2D eigenvalue weighted by Crippen LogP contribution is -2.36. The molecule has 7 nitrogen and oxygen atoms in total. The molecular weight excluding hydrogens is 375 g/mol. The van der Waals surface area contributed by atoms with Gasteiger partial charge in [0.25, 0.3) is 5.78 Å². The zero-order chi connectivity index (χ0) is 20.9. The van der Waals surface area contributed by atoms with Gasteiger partial charge >= 0.3 is 6.18 Å². The smallest absolute Gasteiger partial charge is 0.416 e. The van der Waals surface area contributed by atoms with Crippen molar-refractivity contribution in [2.75, 3.05) is 31.2 Å². The van der Waals surface area contributed by atoms with E-state index in [0.29, 0.717) is 44.0 Å². The molecule has 1 fully saturated rings. The van der Waals surface area contributed by atoms with E-state index >= 15 is 0 Å². The van der Waals surface area contributed by atoms with Gasteiger partial charge in [-0.2, -0.15) is 22.7 Å². The maximum absolute atomic E-state index is 13.0. The van der Waals surface area contributed by atoms with Crippen LogP contribution in [0.1, 0.15) is 18.2 Å². The van der Waals surface area contributed by atoms with Crippen molar-refractivity contribution in [2.45, 2.75) is 20.0 Å². The molecule has 1 aromatic carbocycles. The second kappa shape index (κ2) is 6.62. The Morgan fingerprint density at radius 2 is 1.89 bits per heavy atom. The Labute approximate surface area is 159 Å². The maximum Gasteiger partial charge on any atom is 0.416 e. The minimum Gasteiger partial charge on any atom is -0.507 e. The number of aryl methyl sites for hydroxylation is 2. The van der Waals surface area contributed by atoms with Crippen LogP contribution in [0.15, 0.2) is 18.2 Å². The quantitative estimate of drug-likeness (QED) is 0.720. The van der Waals surface area contributed by atoms with E-state index in [4.69, 9.17) is 6.11 Å². The largest absolute Gasteiger partial charge is 0.507 e. The van der Waals surface area contributed by atoms with Crippen molar-refractivity contribution in [1.29, 1.82) is 0 Å². The summed E-state index contributed by atoms with van der Waals surface area (Å²) in [4.78, 5) is 10.7. The van der Waals surface area contributed by atoms with Crippen molar-refractivity contribution in [3.63, 3.8) is 0 Å². The van der Waals surface area contributed by atoms with Crippen LogP contribution in [0.2, 0.25) is 0 Å². The van der Waals surface area contributed by atoms with Gasteiger partial charge in [-0.25, -0.2) is 4.98 Å². The number of hydrogen-bond acceptors (Lipinski definition) is 6. The fraction of sp³-hybridized carbons (Fsp3) is 0.389. The van der Waals surface area contributed by atoms with E-state index in [9.17, 15) is 18.3 Å². The zero-order valence-corrected chi connectivity index (χ0v) is 15.2. The summed E-state index contributed by atoms with van der Waals surface area (Å²) >= 11 is 0. The summed E-state index contributed by atoms with van der Waals surface area (Å²) in [6, 6.07) is 1.53. The van der Waals surface area contributed by atoms with Gasteiger partial charge in [-0.3, -0.25) is 0 Å². The number of nitrogens with zero attached hydrogens (tertiary/aromatic N) is 5. The molecule has 1 N–H and O–H groups in total. The molecule has 10 heteroatoms. The SMILES string of the molecule is [2H]c1c(-c2c(C)cc(C(F)(F)F)cc2O)nc2nc(N3CCOCC3)nn2c1C. The lowest BCUT2D eigenvalue weighted by atomic mass is 10.00. The molecule has 3 heterocycles. The molecule has 4 rings (SSSR count). The van der Waals surface area contributed by atoms with Gasteiger partial charge in [0.05, 0.1) is 25.8 Å². The minimum absolute atomic E-state index is 0.0471. The molecule has 1 aliphatic heterocycles. The summed E-state index contributed by atoms with van der Waals surface area (Å²) in [5, 5.41) is 14.7. The van der Waals surface area contributed by atoms with Crippen LogP contribution in [-0.4, -0.2) is 51.0 Å². The normalized spacial score (nSPS) is 15.9. The van der Waals surface area contributed by atoms with E-state index in [1.54, 1.807) is 6.92 Å². The van der Waals surface area contributed by atoms with Crippen LogP contribution in [0, 0.1) is 13.8 Å². The topological polar surface area (TPSA) is 75.8 Å². The summed E-state index contributed by atoms with van der Waals surface area (Å²) in [5.41, 5.74) is -0.257. The zero-order valence-electron chi connectivity index (χ0n) is 16.2. The third-order valence-electron chi connectivity index (χ3n) is 4.58. The van der Waals surface area contributed by atoms with Crippen molar-refractivity contribution < 1.29 is 24.4 Å². The van der Waals surface area contributed by atoms with Crippen LogP contribution < -0.4 is 4.90 Å². The summed E-state index contributed by atoms with van der Waals surface area (Å²) < 4.78 is 54.2. The number of fused-ring (bicyclic) bond motifs is 1. The predicted octanol–water partition coefficient (Wildman–Crippen LogP) is 2.97. The first-order chi connectivity index (χ1) is 13.7. The molecule has 0 saturated carbocycles. The fourth-order valence-electron chi connectivity index (χ4n) is 3.20. The number of halogens is 3. The highest BCUT2D eigenvalue weighted by Crippen LogP contribution is 2.38. The van der Waals surface area contributed by atoms with Crippen LogP contribution in [0.25, 0.3) is 17.0 Å². The number of rotatable bonds is 2. The number of ether oxygens (including phenoxy) is 1. The van der Waals surface area contributed by atoms with Gasteiger partial charge in [0.2, 0.25) is 5.95 Å². The lowest BCUT2D eigenvalue weighted by molar-refractivity contribution is -0.137. The van der Waals surface area contributed by atoms with Crippen LogP contribution in [-0.2, 0) is 10.9 Å². The van der Waals surface area contributed by atoms with Crippen LogP contribution in [0.3, 0.4) is 0 Å². The number of hydrogen-bond donors (Lipinski definition) is 1. The molecule has 148 valence electrons. The van der Waals surface area contributed by atoms with Crippen molar-refractivity contribution >= 4 is 11.7 Å². The van der Waals surface area contributed by atoms with Crippen molar-refractivity contribution in [1.82, 2.24) is 19.6 Å². The number of phenols is 1. The minimum atomic E-state index is -4.59. The molecule has 28 heavy (non-hydrogen) atoms. The summed E-state index contributed by atoms with van der Waals surface area (Å²) in [7, 11) is 0. The van der Waals surface area contributed by atoms with Gasteiger partial charge in [-0.15, -0.1) is 5.10 Å². The van der Waals surface area contributed by atoms with Crippen molar-refractivity contribution in [3.8, 4) is 17.0 Å². The van der Waals surface area contributed by atoms with Gasteiger partial charge in [0.15, 0.2) is 0 Å². The monoisotopic (exact) mass is 394 g/mol. The highest BCUT2D eigenvalue weighted by atomic mass is 19.4. The van der Waals surface area contributed by atoms with E-state index in [0.717, 1.165) is 6.07 Å². The Morgan fingerprint density at radius 1 is 1.18 bits per heavy atom. The molecular formula is C18H18F3N5O2. The van der Waals surface area contributed by atoms with Gasteiger partial charge in [-0.05, 0) is 37.6 Å². The predicted molar refractivity (Wildman–Crippen MR) is 95.4 cm³/mol. The molecule has 1 saturated heterocycles. The van der Waals surface area contributed by atoms with Crippen LogP contribution in [0.4, 0.5) is 19.1 Å². The summed E-state index contributed by atoms with van der Waals surface area (Å²) in [6.07, 6.45) is -4.59. The molecule has 0 aliphatic carbocycles. The Kier molecular flexibility index (Phi) is 4.08. The Balaban J connectivity index is 1.85. The van der Waals surface area contributed by atoms with E-state index in [1.165, 1.54) is 11.4 Å². The number of benzene rings is 1. The Hall–Kier alpha value is -2.88. The number of morpholine rings is 1. The second-order valence-electron chi connectivity index (χ2n) is 6.58. The van der Waals surface area contributed by atoms with E-state index < -0.39 is 17.5 Å². The van der Waals surface area contributed by atoms with Crippen molar-refractivity contribution in [3.05, 3.63) is 35.0 Å². The Bertz CT molecular complexity index is 1070. The molecule has 0 atom stereocenters.